The van der Waals surface area contributed by atoms with Crippen molar-refractivity contribution in [3.05, 3.63) is 24.3 Å². The molecule has 3 N–H and O–H groups in total. The maximum absolute atomic E-state index is 11.5. The molecule has 1 aliphatic carbocycles. The highest BCUT2D eigenvalue weighted by molar-refractivity contribution is 5.77. The summed E-state index contributed by atoms with van der Waals surface area (Å²) < 4.78 is 10.7. The van der Waals surface area contributed by atoms with Gasteiger partial charge >= 0.3 is 0 Å². The second kappa shape index (κ2) is 6.99. The standard InChI is InChI=1S/C14H20N2O3/c15-12-3-5-13(6-4-12)19-10-14(17)16-7-8-18-9-11-1-2-11/h3-6,11H,1-2,7-10,15H2,(H,16,17). The van der Waals surface area contributed by atoms with Crippen molar-refractivity contribution >= 4 is 11.6 Å². The summed E-state index contributed by atoms with van der Waals surface area (Å²) in [6.07, 6.45) is 2.56. The lowest BCUT2D eigenvalue weighted by atomic mass is 10.3. The number of amides is 1. The second-order valence-corrected chi connectivity index (χ2v) is 4.73. The number of hydrogen-bond acceptors (Lipinski definition) is 4. The summed E-state index contributed by atoms with van der Waals surface area (Å²) in [7, 11) is 0. The highest BCUT2D eigenvalue weighted by Crippen LogP contribution is 2.28. The Morgan fingerprint density at radius 3 is 2.74 bits per heavy atom. The van der Waals surface area contributed by atoms with E-state index in [4.69, 9.17) is 15.2 Å². The molecule has 1 fully saturated rings. The first-order chi connectivity index (χ1) is 9.24. The number of rotatable bonds is 8. The van der Waals surface area contributed by atoms with Crippen molar-refractivity contribution < 1.29 is 14.3 Å². The van der Waals surface area contributed by atoms with E-state index in [0.29, 0.717) is 24.6 Å². The van der Waals surface area contributed by atoms with Crippen LogP contribution in [-0.4, -0.2) is 32.3 Å². The van der Waals surface area contributed by atoms with Crippen molar-refractivity contribution in [3.8, 4) is 5.75 Å². The van der Waals surface area contributed by atoms with Gasteiger partial charge in [-0.3, -0.25) is 4.79 Å². The molecular formula is C14H20N2O3. The van der Waals surface area contributed by atoms with Gasteiger partial charge in [0, 0.05) is 18.8 Å². The number of nitrogens with one attached hydrogen (secondary N) is 1. The van der Waals surface area contributed by atoms with E-state index in [0.717, 1.165) is 12.5 Å². The van der Waals surface area contributed by atoms with Crippen molar-refractivity contribution in [2.75, 3.05) is 32.1 Å². The van der Waals surface area contributed by atoms with Crippen molar-refractivity contribution in [2.24, 2.45) is 5.92 Å². The van der Waals surface area contributed by atoms with Gasteiger partial charge in [0.05, 0.1) is 6.61 Å². The van der Waals surface area contributed by atoms with Crippen LogP contribution in [0, 0.1) is 5.92 Å². The molecule has 2 rings (SSSR count). The minimum atomic E-state index is -0.146. The van der Waals surface area contributed by atoms with E-state index in [1.807, 2.05) is 0 Å². The second-order valence-electron chi connectivity index (χ2n) is 4.73. The number of nitrogen functional groups attached to an aromatic ring is 1. The number of carbonyl (C=O) groups excluding carboxylic acids is 1. The van der Waals surface area contributed by atoms with Gasteiger partial charge in [0.2, 0.25) is 0 Å². The summed E-state index contributed by atoms with van der Waals surface area (Å²) >= 11 is 0. The van der Waals surface area contributed by atoms with Gasteiger partial charge in [-0.1, -0.05) is 0 Å². The van der Waals surface area contributed by atoms with Crippen LogP contribution in [0.3, 0.4) is 0 Å². The average Bonchev–Trinajstić information content (AvgIpc) is 3.22. The lowest BCUT2D eigenvalue weighted by Crippen LogP contribution is -2.31. The molecular weight excluding hydrogens is 244 g/mol. The third-order valence-corrected chi connectivity index (χ3v) is 2.87. The zero-order chi connectivity index (χ0) is 13.5. The topological polar surface area (TPSA) is 73.6 Å². The molecule has 0 aromatic heterocycles. The van der Waals surface area contributed by atoms with Crippen LogP contribution in [0.2, 0.25) is 0 Å². The number of nitrogens with two attached hydrogens (primary N) is 1. The fourth-order valence-corrected chi connectivity index (χ4v) is 1.56. The first-order valence-electron chi connectivity index (χ1n) is 6.57. The van der Waals surface area contributed by atoms with Gasteiger partial charge in [-0.25, -0.2) is 0 Å². The SMILES string of the molecule is Nc1ccc(OCC(=O)NCCOCC2CC2)cc1. The van der Waals surface area contributed by atoms with Crippen LogP contribution in [0.1, 0.15) is 12.8 Å². The molecule has 0 radical (unpaired) electrons. The Morgan fingerprint density at radius 1 is 1.32 bits per heavy atom. The lowest BCUT2D eigenvalue weighted by molar-refractivity contribution is -0.123. The number of anilines is 1. The zero-order valence-electron chi connectivity index (χ0n) is 10.9. The number of carbonyl (C=O) groups is 1. The number of ether oxygens (including phenoxy) is 2. The number of hydrogen-bond donors (Lipinski definition) is 2. The maximum Gasteiger partial charge on any atom is 0.258 e. The molecule has 0 unspecified atom stereocenters. The molecule has 19 heavy (non-hydrogen) atoms. The van der Waals surface area contributed by atoms with Gasteiger partial charge in [-0.2, -0.15) is 0 Å². The van der Waals surface area contributed by atoms with Gasteiger partial charge in [-0.05, 0) is 43.0 Å². The molecule has 5 heteroatoms. The maximum atomic E-state index is 11.5. The highest BCUT2D eigenvalue weighted by atomic mass is 16.5. The molecule has 0 saturated heterocycles. The highest BCUT2D eigenvalue weighted by Gasteiger charge is 2.20. The van der Waals surface area contributed by atoms with Gasteiger partial charge in [0.15, 0.2) is 6.61 Å². The molecule has 0 aliphatic heterocycles. The van der Waals surface area contributed by atoms with Crippen LogP contribution in [0.5, 0.6) is 5.75 Å². The molecule has 104 valence electrons. The Bertz CT molecular complexity index is 402. The minimum absolute atomic E-state index is 0.00649. The zero-order valence-corrected chi connectivity index (χ0v) is 10.9. The first-order valence-corrected chi connectivity index (χ1v) is 6.57. The minimum Gasteiger partial charge on any atom is -0.484 e. The monoisotopic (exact) mass is 264 g/mol. The van der Waals surface area contributed by atoms with Crippen LogP contribution in [0.4, 0.5) is 5.69 Å². The van der Waals surface area contributed by atoms with Crippen molar-refractivity contribution in [3.63, 3.8) is 0 Å². The molecule has 1 amide bonds. The fraction of sp³-hybridized carbons (Fsp3) is 0.500. The molecule has 0 spiro atoms. The molecule has 1 saturated carbocycles. The summed E-state index contributed by atoms with van der Waals surface area (Å²) in [6, 6.07) is 6.95. The van der Waals surface area contributed by atoms with E-state index in [2.05, 4.69) is 5.32 Å². The van der Waals surface area contributed by atoms with Gasteiger partial charge < -0.3 is 20.5 Å². The van der Waals surface area contributed by atoms with Crippen LogP contribution in [0.15, 0.2) is 24.3 Å². The number of benzene rings is 1. The van der Waals surface area contributed by atoms with Crippen LogP contribution < -0.4 is 15.8 Å². The summed E-state index contributed by atoms with van der Waals surface area (Å²) in [4.78, 5) is 11.5. The molecule has 1 aliphatic rings. The molecule has 0 bridgehead atoms. The van der Waals surface area contributed by atoms with E-state index in [9.17, 15) is 4.79 Å². The van der Waals surface area contributed by atoms with Crippen LogP contribution >= 0.6 is 0 Å². The molecule has 5 nitrogen and oxygen atoms in total. The molecule has 0 heterocycles. The summed E-state index contributed by atoms with van der Waals surface area (Å²) in [6.45, 7) is 1.91. The molecule has 0 atom stereocenters. The normalized spacial score (nSPS) is 14.1. The Morgan fingerprint density at radius 2 is 2.05 bits per heavy atom. The average molecular weight is 264 g/mol. The van der Waals surface area contributed by atoms with E-state index in [1.165, 1.54) is 12.8 Å². The van der Waals surface area contributed by atoms with E-state index < -0.39 is 0 Å². The van der Waals surface area contributed by atoms with Gasteiger partial charge in [0.1, 0.15) is 5.75 Å². The first kappa shape index (κ1) is 13.7. The van der Waals surface area contributed by atoms with Crippen molar-refractivity contribution in [1.29, 1.82) is 0 Å². The summed E-state index contributed by atoms with van der Waals surface area (Å²) in [5.41, 5.74) is 6.22. The van der Waals surface area contributed by atoms with E-state index in [-0.39, 0.29) is 12.5 Å². The Balaban J connectivity index is 1.52. The predicted molar refractivity (Wildman–Crippen MR) is 72.9 cm³/mol. The fourth-order valence-electron chi connectivity index (χ4n) is 1.56. The Labute approximate surface area is 113 Å². The lowest BCUT2D eigenvalue weighted by Gasteiger charge is -2.08. The van der Waals surface area contributed by atoms with E-state index in [1.54, 1.807) is 24.3 Å². The van der Waals surface area contributed by atoms with Gasteiger partial charge in [-0.15, -0.1) is 0 Å². The Kier molecular flexibility index (Phi) is 5.03. The van der Waals surface area contributed by atoms with Crippen molar-refractivity contribution in [1.82, 2.24) is 5.32 Å². The molecule has 1 aromatic rings. The summed E-state index contributed by atoms with van der Waals surface area (Å²) in [5, 5.41) is 2.74. The smallest absolute Gasteiger partial charge is 0.258 e. The van der Waals surface area contributed by atoms with E-state index >= 15 is 0 Å². The third kappa shape index (κ3) is 5.61. The third-order valence-electron chi connectivity index (χ3n) is 2.87. The Hall–Kier alpha value is -1.75. The van der Waals surface area contributed by atoms with Crippen LogP contribution in [0.25, 0.3) is 0 Å². The largest absolute Gasteiger partial charge is 0.484 e. The summed E-state index contributed by atoms with van der Waals surface area (Å²) in [5.74, 6) is 1.24. The van der Waals surface area contributed by atoms with Gasteiger partial charge in [0.25, 0.3) is 5.91 Å². The van der Waals surface area contributed by atoms with Crippen molar-refractivity contribution in [2.45, 2.75) is 12.8 Å². The molecule has 1 aromatic carbocycles. The quantitative estimate of drug-likeness (QED) is 0.546. The van der Waals surface area contributed by atoms with Crippen LogP contribution in [-0.2, 0) is 9.53 Å². The predicted octanol–water partition coefficient (Wildman–Crippen LogP) is 1.19.